The lowest BCUT2D eigenvalue weighted by molar-refractivity contribution is -0.116. The molecule has 0 bridgehead atoms. The molecule has 16 heavy (non-hydrogen) atoms. The van der Waals surface area contributed by atoms with Gasteiger partial charge in [0.1, 0.15) is 0 Å². The number of carbonyl (C=O) groups is 1. The Morgan fingerprint density at radius 1 is 1.50 bits per heavy atom. The van der Waals surface area contributed by atoms with E-state index in [0.717, 1.165) is 0 Å². The first-order valence-electron chi connectivity index (χ1n) is 5.00. The number of halogens is 1. The lowest BCUT2D eigenvalue weighted by Crippen LogP contribution is -2.37. The standard InChI is InChI=1S/C10H15ClN4O/c1-7(2)5-15(6-8(12)16)10-9(11)13-3-4-14-10/h3-4,7H,5-6H2,1-2H3,(H2,12,16). The molecule has 6 heteroatoms. The van der Waals surface area contributed by atoms with E-state index >= 15 is 0 Å². The first-order chi connectivity index (χ1) is 7.50. The molecule has 2 N–H and O–H groups in total. The first-order valence-corrected chi connectivity index (χ1v) is 5.38. The number of hydrogen-bond donors (Lipinski definition) is 1. The van der Waals surface area contributed by atoms with E-state index in [4.69, 9.17) is 17.3 Å². The second-order valence-corrected chi connectivity index (χ2v) is 4.27. The topological polar surface area (TPSA) is 72.1 Å². The molecule has 0 spiro atoms. The largest absolute Gasteiger partial charge is 0.368 e. The van der Waals surface area contributed by atoms with Crippen LogP contribution in [-0.2, 0) is 4.79 Å². The minimum absolute atomic E-state index is 0.0938. The lowest BCUT2D eigenvalue weighted by Gasteiger charge is -2.24. The number of carbonyl (C=O) groups excluding carboxylic acids is 1. The van der Waals surface area contributed by atoms with Crippen LogP contribution in [0.25, 0.3) is 0 Å². The van der Waals surface area contributed by atoms with E-state index in [-0.39, 0.29) is 11.7 Å². The third-order valence-electron chi connectivity index (χ3n) is 1.87. The van der Waals surface area contributed by atoms with E-state index in [0.29, 0.717) is 18.3 Å². The minimum atomic E-state index is -0.414. The summed E-state index contributed by atoms with van der Waals surface area (Å²) < 4.78 is 0. The van der Waals surface area contributed by atoms with Crippen LogP contribution < -0.4 is 10.6 Å². The number of amides is 1. The van der Waals surface area contributed by atoms with Crippen molar-refractivity contribution in [3.8, 4) is 0 Å². The Hall–Kier alpha value is -1.36. The zero-order valence-electron chi connectivity index (χ0n) is 9.35. The van der Waals surface area contributed by atoms with E-state index in [2.05, 4.69) is 9.97 Å². The van der Waals surface area contributed by atoms with Gasteiger partial charge in [-0.15, -0.1) is 0 Å². The maximum Gasteiger partial charge on any atom is 0.237 e. The van der Waals surface area contributed by atoms with Crippen molar-refractivity contribution in [1.29, 1.82) is 0 Å². The smallest absolute Gasteiger partial charge is 0.237 e. The average molecular weight is 243 g/mol. The van der Waals surface area contributed by atoms with Gasteiger partial charge in [0.15, 0.2) is 11.0 Å². The second-order valence-electron chi connectivity index (χ2n) is 3.91. The molecule has 0 aliphatic heterocycles. The maximum absolute atomic E-state index is 11.0. The fraction of sp³-hybridized carbons (Fsp3) is 0.500. The number of anilines is 1. The van der Waals surface area contributed by atoms with Crippen LogP contribution in [0.5, 0.6) is 0 Å². The fourth-order valence-electron chi connectivity index (χ4n) is 1.38. The van der Waals surface area contributed by atoms with Crippen molar-refractivity contribution in [3.05, 3.63) is 17.5 Å². The van der Waals surface area contributed by atoms with Gasteiger partial charge in [0.25, 0.3) is 0 Å². The molecule has 0 fully saturated rings. The zero-order valence-corrected chi connectivity index (χ0v) is 10.1. The van der Waals surface area contributed by atoms with Gasteiger partial charge in [0.2, 0.25) is 5.91 Å². The summed E-state index contributed by atoms with van der Waals surface area (Å²) >= 11 is 5.92. The highest BCUT2D eigenvalue weighted by Crippen LogP contribution is 2.20. The van der Waals surface area contributed by atoms with Gasteiger partial charge in [-0.05, 0) is 5.92 Å². The van der Waals surface area contributed by atoms with Gasteiger partial charge in [-0.1, -0.05) is 25.4 Å². The van der Waals surface area contributed by atoms with Crippen LogP contribution in [0.15, 0.2) is 12.4 Å². The van der Waals surface area contributed by atoms with Gasteiger partial charge in [-0.2, -0.15) is 0 Å². The molecule has 1 aromatic heterocycles. The predicted molar refractivity (Wildman–Crippen MR) is 63.3 cm³/mol. The van der Waals surface area contributed by atoms with Crippen molar-refractivity contribution < 1.29 is 4.79 Å². The molecule has 0 aliphatic carbocycles. The summed E-state index contributed by atoms with van der Waals surface area (Å²) in [4.78, 5) is 20.7. The molecule has 88 valence electrons. The molecule has 1 amide bonds. The van der Waals surface area contributed by atoms with Crippen molar-refractivity contribution in [2.45, 2.75) is 13.8 Å². The third kappa shape index (κ3) is 3.66. The van der Waals surface area contributed by atoms with Gasteiger partial charge in [-0.3, -0.25) is 4.79 Å². The van der Waals surface area contributed by atoms with E-state index < -0.39 is 5.91 Å². The van der Waals surface area contributed by atoms with Crippen LogP contribution in [0.3, 0.4) is 0 Å². The summed E-state index contributed by atoms with van der Waals surface area (Å²) in [5.41, 5.74) is 5.18. The van der Waals surface area contributed by atoms with Crippen LogP contribution in [0, 0.1) is 5.92 Å². The summed E-state index contributed by atoms with van der Waals surface area (Å²) in [6.45, 7) is 4.83. The van der Waals surface area contributed by atoms with Gasteiger partial charge >= 0.3 is 0 Å². The molecule has 1 rings (SSSR count). The molecule has 1 aromatic rings. The van der Waals surface area contributed by atoms with Gasteiger partial charge in [0.05, 0.1) is 6.54 Å². The second kappa shape index (κ2) is 5.65. The molecule has 5 nitrogen and oxygen atoms in total. The van der Waals surface area contributed by atoms with Crippen molar-refractivity contribution in [3.63, 3.8) is 0 Å². The third-order valence-corrected chi connectivity index (χ3v) is 2.13. The minimum Gasteiger partial charge on any atom is -0.368 e. The first kappa shape index (κ1) is 12.7. The van der Waals surface area contributed by atoms with Crippen LogP contribution in [0.4, 0.5) is 5.82 Å². The normalized spacial score (nSPS) is 10.5. The molecule has 0 aromatic carbocycles. The van der Waals surface area contributed by atoms with Crippen LogP contribution >= 0.6 is 11.6 Å². The van der Waals surface area contributed by atoms with E-state index in [1.54, 1.807) is 4.90 Å². The molecular weight excluding hydrogens is 228 g/mol. The van der Waals surface area contributed by atoms with Crippen molar-refractivity contribution in [2.75, 3.05) is 18.0 Å². The fourth-order valence-corrected chi connectivity index (χ4v) is 1.61. The zero-order chi connectivity index (χ0) is 12.1. The lowest BCUT2D eigenvalue weighted by atomic mass is 10.2. The summed E-state index contributed by atoms with van der Waals surface area (Å²) in [5.74, 6) is 0.455. The monoisotopic (exact) mass is 242 g/mol. The number of aromatic nitrogens is 2. The maximum atomic E-state index is 11.0. The summed E-state index contributed by atoms with van der Waals surface area (Å²) in [7, 11) is 0. The summed E-state index contributed by atoms with van der Waals surface area (Å²) in [5, 5.41) is 0.282. The molecule has 0 aliphatic rings. The number of nitrogens with zero attached hydrogens (tertiary/aromatic N) is 3. The molecule has 0 saturated carbocycles. The Kier molecular flexibility index (Phi) is 4.49. The van der Waals surface area contributed by atoms with Crippen molar-refractivity contribution in [1.82, 2.24) is 9.97 Å². The predicted octanol–water partition coefficient (Wildman–Crippen LogP) is 1.08. The Balaban J connectivity index is 2.91. The Bertz CT molecular complexity index is 370. The molecule has 1 heterocycles. The van der Waals surface area contributed by atoms with Crippen molar-refractivity contribution >= 4 is 23.3 Å². The van der Waals surface area contributed by atoms with Crippen molar-refractivity contribution in [2.24, 2.45) is 11.7 Å². The van der Waals surface area contributed by atoms with Gasteiger partial charge in [-0.25, -0.2) is 9.97 Å². The quantitative estimate of drug-likeness (QED) is 0.839. The van der Waals surface area contributed by atoms with Gasteiger partial charge < -0.3 is 10.6 Å². The number of primary amides is 1. The van der Waals surface area contributed by atoms with Crippen LogP contribution in [0.1, 0.15) is 13.8 Å². The highest BCUT2D eigenvalue weighted by atomic mass is 35.5. The summed E-state index contributed by atoms with van der Waals surface area (Å²) in [6, 6.07) is 0. The Morgan fingerprint density at radius 2 is 2.12 bits per heavy atom. The van der Waals surface area contributed by atoms with Crippen LogP contribution in [-0.4, -0.2) is 29.0 Å². The molecule has 0 radical (unpaired) electrons. The van der Waals surface area contributed by atoms with E-state index in [1.807, 2.05) is 13.8 Å². The van der Waals surface area contributed by atoms with Crippen LogP contribution in [0.2, 0.25) is 5.15 Å². The summed E-state index contributed by atoms with van der Waals surface area (Å²) in [6.07, 6.45) is 3.04. The highest BCUT2D eigenvalue weighted by Gasteiger charge is 2.15. The molecule has 0 atom stereocenters. The van der Waals surface area contributed by atoms with E-state index in [9.17, 15) is 4.79 Å². The SMILES string of the molecule is CC(C)CN(CC(N)=O)c1nccnc1Cl. The number of rotatable bonds is 5. The van der Waals surface area contributed by atoms with Gasteiger partial charge in [0, 0.05) is 18.9 Å². The Labute approximate surface area is 99.6 Å². The highest BCUT2D eigenvalue weighted by molar-refractivity contribution is 6.31. The molecular formula is C10H15ClN4O. The van der Waals surface area contributed by atoms with E-state index in [1.165, 1.54) is 12.4 Å². The number of hydrogen-bond acceptors (Lipinski definition) is 4. The molecule has 0 saturated heterocycles. The average Bonchev–Trinajstić information content (AvgIpc) is 2.15. The number of nitrogens with two attached hydrogens (primary N) is 1. The molecule has 0 unspecified atom stereocenters. The Morgan fingerprint density at radius 3 is 2.62 bits per heavy atom.